The van der Waals surface area contributed by atoms with Gasteiger partial charge in [-0.25, -0.2) is 0 Å². The van der Waals surface area contributed by atoms with Crippen molar-refractivity contribution < 1.29 is 14.5 Å². The Morgan fingerprint density at radius 3 is 2.77 bits per heavy atom. The second-order valence-electron chi connectivity index (χ2n) is 6.06. The minimum Gasteiger partial charge on any atom is -0.378 e. The van der Waals surface area contributed by atoms with E-state index >= 15 is 0 Å². The molecule has 1 N–H and O–H groups in total. The van der Waals surface area contributed by atoms with Crippen molar-refractivity contribution in [3.8, 4) is 0 Å². The third-order valence-electron chi connectivity index (χ3n) is 4.02. The number of rotatable bonds is 5. The number of nitro groups is 1. The maximum Gasteiger partial charge on any atom is 0.293 e. The zero-order valence-electron chi connectivity index (χ0n) is 13.2. The molecule has 0 aliphatic carbocycles. The molecule has 0 unspecified atom stereocenters. The molecule has 0 aromatic heterocycles. The topological polar surface area (TPSA) is 81.5 Å². The highest BCUT2D eigenvalue weighted by molar-refractivity contribution is 5.95. The first-order chi connectivity index (χ1) is 10.4. The van der Waals surface area contributed by atoms with Gasteiger partial charge in [0, 0.05) is 24.3 Å². The molecule has 1 heterocycles. The first kappa shape index (κ1) is 16.4. The fourth-order valence-corrected chi connectivity index (χ4v) is 2.67. The van der Waals surface area contributed by atoms with Gasteiger partial charge in [-0.05, 0) is 37.8 Å². The number of nitrogens with one attached hydrogen (secondary N) is 1. The lowest BCUT2D eigenvalue weighted by molar-refractivity contribution is -0.384. The fraction of sp³-hybridized carbons (Fsp3) is 0.562. The molecule has 0 bridgehead atoms. The second kappa shape index (κ2) is 6.87. The average Bonchev–Trinajstić information content (AvgIpc) is 2.47. The molecule has 1 fully saturated rings. The fourth-order valence-electron chi connectivity index (χ4n) is 2.67. The minimum atomic E-state index is -0.450. The summed E-state index contributed by atoms with van der Waals surface area (Å²) in [6.07, 6.45) is 1.81. The molecule has 0 spiro atoms. The van der Waals surface area contributed by atoms with Crippen LogP contribution in [0.4, 0.5) is 11.4 Å². The molecule has 1 aliphatic heterocycles. The van der Waals surface area contributed by atoms with Gasteiger partial charge in [-0.1, -0.05) is 13.8 Å². The Labute approximate surface area is 130 Å². The van der Waals surface area contributed by atoms with Crippen LogP contribution in [0.15, 0.2) is 18.2 Å². The number of hydrogen-bond donors (Lipinski definition) is 1. The Bertz CT molecular complexity index is 571. The summed E-state index contributed by atoms with van der Waals surface area (Å²) in [5.41, 5.74) is 0.758. The van der Waals surface area contributed by atoms with Crippen molar-refractivity contribution in [3.63, 3.8) is 0 Å². The molecule has 0 radical (unpaired) electrons. The van der Waals surface area contributed by atoms with Crippen molar-refractivity contribution in [2.75, 3.05) is 11.9 Å². The van der Waals surface area contributed by atoms with Crippen molar-refractivity contribution in [2.45, 2.75) is 45.8 Å². The Hall–Kier alpha value is -1.95. The smallest absolute Gasteiger partial charge is 0.293 e. The molecule has 120 valence electrons. The van der Waals surface area contributed by atoms with Crippen molar-refractivity contribution >= 4 is 17.2 Å². The van der Waals surface area contributed by atoms with E-state index in [1.807, 2.05) is 0 Å². The second-order valence-corrected chi connectivity index (χ2v) is 6.06. The van der Waals surface area contributed by atoms with Crippen LogP contribution in [-0.4, -0.2) is 29.5 Å². The number of nitro benzene ring substituents is 1. The zero-order valence-corrected chi connectivity index (χ0v) is 13.2. The molecule has 1 aliphatic rings. The normalized spacial score (nSPS) is 21.6. The first-order valence-electron chi connectivity index (χ1n) is 7.56. The summed E-state index contributed by atoms with van der Waals surface area (Å²) in [5.74, 6) is 0.236. The Kier molecular flexibility index (Phi) is 5.13. The van der Waals surface area contributed by atoms with E-state index in [4.69, 9.17) is 4.74 Å². The number of ketones is 1. The number of nitrogens with zero attached hydrogens (tertiary/aromatic N) is 1. The van der Waals surface area contributed by atoms with Gasteiger partial charge in [0.15, 0.2) is 5.78 Å². The van der Waals surface area contributed by atoms with Gasteiger partial charge >= 0.3 is 0 Å². The van der Waals surface area contributed by atoms with E-state index in [1.165, 1.54) is 13.0 Å². The molecule has 1 aromatic rings. The third kappa shape index (κ3) is 3.82. The van der Waals surface area contributed by atoms with Crippen LogP contribution < -0.4 is 5.32 Å². The van der Waals surface area contributed by atoms with E-state index in [1.54, 1.807) is 12.1 Å². The molecular weight excluding hydrogens is 284 g/mol. The van der Waals surface area contributed by atoms with E-state index in [9.17, 15) is 14.9 Å². The van der Waals surface area contributed by atoms with Gasteiger partial charge in [-0.3, -0.25) is 14.9 Å². The number of ether oxygens (including phenoxy) is 1. The lowest BCUT2D eigenvalue weighted by atomic mass is 9.95. The molecular formula is C16H22N2O4. The van der Waals surface area contributed by atoms with Gasteiger partial charge in [0.05, 0.1) is 11.0 Å². The summed E-state index contributed by atoms with van der Waals surface area (Å²) in [5, 5.41) is 14.5. The van der Waals surface area contributed by atoms with Crippen LogP contribution in [0.2, 0.25) is 0 Å². The maximum absolute atomic E-state index is 11.4. The number of carbonyl (C=O) groups excluding carboxylic acids is 1. The number of benzene rings is 1. The van der Waals surface area contributed by atoms with Gasteiger partial charge < -0.3 is 10.1 Å². The predicted octanol–water partition coefficient (Wildman–Crippen LogP) is 3.41. The van der Waals surface area contributed by atoms with Crippen LogP contribution in [0.1, 0.15) is 44.0 Å². The van der Waals surface area contributed by atoms with Crippen LogP contribution in [-0.2, 0) is 4.74 Å². The number of hydrogen-bond acceptors (Lipinski definition) is 5. The summed E-state index contributed by atoms with van der Waals surface area (Å²) in [6, 6.07) is 4.72. The lowest BCUT2D eigenvalue weighted by Crippen LogP contribution is -2.36. The lowest BCUT2D eigenvalue weighted by Gasteiger charge is -2.32. The molecule has 1 aromatic carbocycles. The van der Waals surface area contributed by atoms with Gasteiger partial charge in [-0.15, -0.1) is 0 Å². The van der Waals surface area contributed by atoms with Gasteiger partial charge in [0.25, 0.3) is 5.69 Å². The predicted molar refractivity (Wildman–Crippen MR) is 84.3 cm³/mol. The molecule has 22 heavy (non-hydrogen) atoms. The molecule has 6 heteroatoms. The van der Waals surface area contributed by atoms with E-state index in [2.05, 4.69) is 19.2 Å². The standard InChI is InChI=1S/C16H22N2O4/c1-10(2)16-9-13(6-7-22-16)17-14-5-4-12(11(3)19)8-15(14)18(20)21/h4-5,8,10,13,16-17H,6-7,9H2,1-3H3/t13-,16-/m1/s1. The zero-order chi connectivity index (χ0) is 16.3. The van der Waals surface area contributed by atoms with Crippen molar-refractivity contribution in [1.82, 2.24) is 0 Å². The summed E-state index contributed by atoms with van der Waals surface area (Å²) in [4.78, 5) is 22.2. The SMILES string of the molecule is CC(=O)c1ccc(N[C@@H]2CCO[C@@H](C(C)C)C2)c([N+](=O)[O-])c1. The summed E-state index contributed by atoms with van der Waals surface area (Å²) in [6.45, 7) is 6.27. The van der Waals surface area contributed by atoms with E-state index in [0.717, 1.165) is 12.8 Å². The van der Waals surface area contributed by atoms with Crippen LogP contribution in [0, 0.1) is 16.0 Å². The van der Waals surface area contributed by atoms with E-state index < -0.39 is 4.92 Å². The summed E-state index contributed by atoms with van der Waals surface area (Å²) >= 11 is 0. The molecule has 0 amide bonds. The molecule has 2 atom stereocenters. The van der Waals surface area contributed by atoms with Crippen molar-refractivity contribution in [2.24, 2.45) is 5.92 Å². The van der Waals surface area contributed by atoms with Gasteiger partial charge in [0.2, 0.25) is 0 Å². The van der Waals surface area contributed by atoms with Crippen LogP contribution in [0.3, 0.4) is 0 Å². The highest BCUT2D eigenvalue weighted by atomic mass is 16.6. The Morgan fingerprint density at radius 1 is 1.45 bits per heavy atom. The quantitative estimate of drug-likeness (QED) is 0.512. The number of carbonyl (C=O) groups is 1. The monoisotopic (exact) mass is 306 g/mol. The highest BCUT2D eigenvalue weighted by Gasteiger charge is 2.26. The highest BCUT2D eigenvalue weighted by Crippen LogP contribution is 2.29. The molecule has 1 saturated heterocycles. The van der Waals surface area contributed by atoms with Crippen LogP contribution in [0.25, 0.3) is 0 Å². The Morgan fingerprint density at radius 2 is 2.18 bits per heavy atom. The van der Waals surface area contributed by atoms with Gasteiger partial charge in [0.1, 0.15) is 5.69 Å². The minimum absolute atomic E-state index is 0.0553. The maximum atomic E-state index is 11.4. The summed E-state index contributed by atoms with van der Waals surface area (Å²) < 4.78 is 5.72. The molecule has 6 nitrogen and oxygen atoms in total. The molecule has 2 rings (SSSR count). The Balaban J connectivity index is 2.18. The van der Waals surface area contributed by atoms with Crippen LogP contribution >= 0.6 is 0 Å². The number of anilines is 1. The van der Waals surface area contributed by atoms with E-state index in [-0.39, 0.29) is 23.6 Å². The third-order valence-corrected chi connectivity index (χ3v) is 4.02. The first-order valence-corrected chi connectivity index (χ1v) is 7.56. The number of Topliss-reactive ketones (excluding diaryl/α,β-unsaturated/α-hetero) is 1. The summed E-state index contributed by atoms with van der Waals surface area (Å²) in [7, 11) is 0. The van der Waals surface area contributed by atoms with Crippen molar-refractivity contribution in [3.05, 3.63) is 33.9 Å². The average molecular weight is 306 g/mol. The van der Waals surface area contributed by atoms with Gasteiger partial charge in [-0.2, -0.15) is 0 Å². The van der Waals surface area contributed by atoms with Crippen LogP contribution in [0.5, 0.6) is 0 Å². The molecule has 0 saturated carbocycles. The van der Waals surface area contributed by atoms with Crippen molar-refractivity contribution in [1.29, 1.82) is 0 Å². The van der Waals surface area contributed by atoms with E-state index in [0.29, 0.717) is 23.8 Å². The largest absolute Gasteiger partial charge is 0.378 e.